The lowest BCUT2D eigenvalue weighted by Crippen LogP contribution is -2.70. The first kappa shape index (κ1) is 17.9. The van der Waals surface area contributed by atoms with E-state index in [0.29, 0.717) is 26.4 Å². The van der Waals surface area contributed by atoms with Crippen molar-refractivity contribution < 1.29 is 18.1 Å². The molecule has 1 aromatic carbocycles. The number of hydrogen-bond donors (Lipinski definition) is 1. The van der Waals surface area contributed by atoms with Gasteiger partial charge in [-0.1, -0.05) is 18.2 Å². The minimum Gasteiger partial charge on any atom is -0.373 e. The molecule has 1 atom stereocenters. The first-order valence-corrected chi connectivity index (χ1v) is 10.0. The minimum atomic E-state index is -2.89. The molecule has 0 radical (unpaired) electrons. The van der Waals surface area contributed by atoms with Gasteiger partial charge in [-0.15, -0.1) is 0 Å². The van der Waals surface area contributed by atoms with Crippen LogP contribution in [-0.2, 0) is 13.3 Å². The molecule has 1 saturated heterocycles. The predicted octanol–water partition coefficient (Wildman–Crippen LogP) is 2.88. The summed E-state index contributed by atoms with van der Waals surface area (Å²) in [5, 5.41) is 2.91. The molecule has 0 bridgehead atoms. The smallest absolute Gasteiger partial charge is 0.373 e. The van der Waals surface area contributed by atoms with Crippen molar-refractivity contribution in [2.75, 3.05) is 31.7 Å². The summed E-state index contributed by atoms with van der Waals surface area (Å²) in [4.78, 5) is 14.3. The molecular formula is C16H26N2O4Si. The summed E-state index contributed by atoms with van der Waals surface area (Å²) < 4.78 is 17.8. The van der Waals surface area contributed by atoms with Gasteiger partial charge < -0.3 is 23.5 Å². The number of nitrogens with one attached hydrogen (secondary N) is 1. The maximum atomic E-state index is 12.5. The van der Waals surface area contributed by atoms with Crippen molar-refractivity contribution in [3.05, 3.63) is 30.3 Å². The van der Waals surface area contributed by atoms with Crippen molar-refractivity contribution >= 4 is 20.5 Å². The number of para-hydroxylation sites is 1. The molecule has 0 aliphatic carbocycles. The van der Waals surface area contributed by atoms with Crippen LogP contribution >= 0.6 is 0 Å². The van der Waals surface area contributed by atoms with Gasteiger partial charge in [-0.05, 0) is 39.3 Å². The van der Waals surface area contributed by atoms with Crippen LogP contribution in [0, 0.1) is 0 Å². The monoisotopic (exact) mass is 338 g/mol. The molecule has 7 heteroatoms. The Balaban J connectivity index is 2.09. The van der Waals surface area contributed by atoms with Gasteiger partial charge in [-0.2, -0.15) is 0 Å². The van der Waals surface area contributed by atoms with Crippen molar-refractivity contribution in [3.63, 3.8) is 0 Å². The Bertz CT molecular complexity index is 483. The molecule has 0 aromatic heterocycles. The standard InChI is InChI=1S/C16H26N2O4Si/c1-4-20-23(21-5-2,22-6-3)15-12-13-18(15)16(19)17-14-10-8-7-9-11-14/h7-11,15H,4-6,12-13H2,1-3H3,(H,17,19). The number of urea groups is 1. The molecule has 6 nitrogen and oxygen atoms in total. The predicted molar refractivity (Wildman–Crippen MR) is 91.2 cm³/mol. The number of likely N-dealkylation sites (tertiary alicyclic amines) is 1. The molecule has 1 fully saturated rings. The average Bonchev–Trinajstić information content (AvgIpc) is 2.47. The van der Waals surface area contributed by atoms with Crippen LogP contribution in [0.15, 0.2) is 30.3 Å². The van der Waals surface area contributed by atoms with Crippen LogP contribution in [0.1, 0.15) is 27.2 Å². The van der Waals surface area contributed by atoms with Crippen LogP contribution in [0.2, 0.25) is 0 Å². The summed E-state index contributed by atoms with van der Waals surface area (Å²) in [6.45, 7) is 7.99. The molecule has 1 unspecified atom stereocenters. The summed E-state index contributed by atoms with van der Waals surface area (Å²) in [6.07, 6.45) is 0.842. The van der Waals surface area contributed by atoms with E-state index in [1.165, 1.54) is 0 Å². The largest absolute Gasteiger partial charge is 0.524 e. The molecule has 1 aliphatic rings. The highest BCUT2D eigenvalue weighted by Gasteiger charge is 2.57. The minimum absolute atomic E-state index is 0.119. The highest BCUT2D eigenvalue weighted by Crippen LogP contribution is 2.30. The van der Waals surface area contributed by atoms with Gasteiger partial charge in [-0.3, -0.25) is 0 Å². The van der Waals surface area contributed by atoms with E-state index in [0.717, 1.165) is 12.1 Å². The van der Waals surface area contributed by atoms with E-state index in [2.05, 4.69) is 5.32 Å². The van der Waals surface area contributed by atoms with Gasteiger partial charge in [0, 0.05) is 32.1 Å². The van der Waals surface area contributed by atoms with Gasteiger partial charge in [0.25, 0.3) is 0 Å². The van der Waals surface area contributed by atoms with Crippen molar-refractivity contribution in [1.82, 2.24) is 4.90 Å². The number of nitrogens with zero attached hydrogens (tertiary/aromatic N) is 1. The Morgan fingerprint density at radius 1 is 1.13 bits per heavy atom. The third kappa shape index (κ3) is 4.11. The molecule has 1 N–H and O–H groups in total. The number of benzene rings is 1. The highest BCUT2D eigenvalue weighted by atomic mass is 28.4. The van der Waals surface area contributed by atoms with Crippen molar-refractivity contribution in [3.8, 4) is 0 Å². The zero-order valence-corrected chi connectivity index (χ0v) is 15.1. The van der Waals surface area contributed by atoms with Crippen molar-refractivity contribution in [1.29, 1.82) is 0 Å². The summed E-state index contributed by atoms with van der Waals surface area (Å²) >= 11 is 0. The van der Waals surface area contributed by atoms with Gasteiger partial charge >= 0.3 is 14.8 Å². The zero-order chi connectivity index (χ0) is 16.7. The van der Waals surface area contributed by atoms with Crippen LogP contribution in [0.25, 0.3) is 0 Å². The molecule has 1 aliphatic heterocycles. The molecule has 2 rings (SSSR count). The Morgan fingerprint density at radius 2 is 1.70 bits per heavy atom. The molecular weight excluding hydrogens is 312 g/mol. The topological polar surface area (TPSA) is 60.0 Å². The van der Waals surface area contributed by atoms with Gasteiger partial charge in [0.2, 0.25) is 0 Å². The van der Waals surface area contributed by atoms with Crippen LogP contribution in [0.3, 0.4) is 0 Å². The highest BCUT2D eigenvalue weighted by molar-refractivity contribution is 6.63. The molecule has 1 aromatic rings. The fourth-order valence-electron chi connectivity index (χ4n) is 2.73. The molecule has 23 heavy (non-hydrogen) atoms. The van der Waals surface area contributed by atoms with Gasteiger partial charge in [-0.25, -0.2) is 4.79 Å². The number of hydrogen-bond acceptors (Lipinski definition) is 4. The average molecular weight is 338 g/mol. The van der Waals surface area contributed by atoms with E-state index in [1.54, 1.807) is 4.90 Å². The molecule has 2 amide bonds. The lowest BCUT2D eigenvalue weighted by Gasteiger charge is -2.47. The van der Waals surface area contributed by atoms with E-state index in [-0.39, 0.29) is 11.7 Å². The van der Waals surface area contributed by atoms with E-state index in [4.69, 9.17) is 13.3 Å². The third-order valence-corrected chi connectivity index (χ3v) is 7.24. The second kappa shape index (κ2) is 8.44. The van der Waals surface area contributed by atoms with Gasteiger partial charge in [0.15, 0.2) is 0 Å². The molecule has 1 heterocycles. The quantitative estimate of drug-likeness (QED) is 0.741. The summed E-state index contributed by atoms with van der Waals surface area (Å²) in [5.74, 6) is 0. The first-order chi connectivity index (χ1) is 11.2. The number of anilines is 1. The maximum absolute atomic E-state index is 12.5. The Hall–Kier alpha value is -1.41. The Morgan fingerprint density at radius 3 is 2.13 bits per heavy atom. The fraction of sp³-hybridized carbons (Fsp3) is 0.562. The Kier molecular flexibility index (Phi) is 6.58. The SMILES string of the molecule is CCO[Si](OCC)(OCC)C1CCN1C(=O)Nc1ccccc1. The number of rotatable bonds is 8. The van der Waals surface area contributed by atoms with Gasteiger partial charge in [0.05, 0.1) is 0 Å². The van der Waals surface area contributed by atoms with E-state index >= 15 is 0 Å². The second-order valence-corrected chi connectivity index (χ2v) is 7.94. The van der Waals surface area contributed by atoms with Crippen LogP contribution in [0.4, 0.5) is 10.5 Å². The molecule has 0 spiro atoms. The van der Waals surface area contributed by atoms with E-state index in [9.17, 15) is 4.79 Å². The molecule has 0 saturated carbocycles. The van der Waals surface area contributed by atoms with Crippen LogP contribution in [-0.4, -0.2) is 51.8 Å². The Labute approximate surface area is 139 Å². The third-order valence-electron chi connectivity index (χ3n) is 3.75. The first-order valence-electron chi connectivity index (χ1n) is 8.21. The summed E-state index contributed by atoms with van der Waals surface area (Å²) in [5.41, 5.74) is 0.658. The normalized spacial score (nSPS) is 17.7. The van der Waals surface area contributed by atoms with Crippen molar-refractivity contribution in [2.45, 2.75) is 32.9 Å². The fourth-order valence-corrected chi connectivity index (χ4v) is 5.88. The second-order valence-electron chi connectivity index (χ2n) is 5.20. The van der Waals surface area contributed by atoms with Crippen molar-refractivity contribution in [2.24, 2.45) is 0 Å². The van der Waals surface area contributed by atoms with E-state index < -0.39 is 8.80 Å². The number of amides is 2. The van der Waals surface area contributed by atoms with Crippen LogP contribution in [0.5, 0.6) is 0 Å². The summed E-state index contributed by atoms with van der Waals surface area (Å²) in [6, 6.07) is 9.30. The number of carbonyl (C=O) groups is 1. The van der Waals surface area contributed by atoms with Crippen LogP contribution < -0.4 is 5.32 Å². The maximum Gasteiger partial charge on any atom is 0.524 e. The molecule has 128 valence electrons. The number of carbonyl (C=O) groups excluding carboxylic acids is 1. The van der Waals surface area contributed by atoms with E-state index in [1.807, 2.05) is 51.1 Å². The summed E-state index contributed by atoms with van der Waals surface area (Å²) in [7, 11) is -2.89. The lowest BCUT2D eigenvalue weighted by molar-refractivity contribution is 0.0200. The zero-order valence-electron chi connectivity index (χ0n) is 14.1. The van der Waals surface area contributed by atoms with Gasteiger partial charge in [0.1, 0.15) is 5.67 Å². The lowest BCUT2D eigenvalue weighted by atomic mass is 10.2.